The Bertz CT molecular complexity index is 615. The maximum Gasteiger partial charge on any atom is 0.264 e. The van der Waals surface area contributed by atoms with Gasteiger partial charge in [0.15, 0.2) is 0 Å². The predicted octanol–water partition coefficient (Wildman–Crippen LogP) is 2.15. The molecule has 1 atom stereocenters. The van der Waals surface area contributed by atoms with Crippen LogP contribution in [-0.4, -0.2) is 34.1 Å². The first-order chi connectivity index (χ1) is 11.1. The van der Waals surface area contributed by atoms with Crippen LogP contribution in [0.4, 0.5) is 0 Å². The summed E-state index contributed by atoms with van der Waals surface area (Å²) >= 11 is 0. The van der Waals surface area contributed by atoms with Gasteiger partial charge in [0.25, 0.3) is 11.5 Å². The number of aliphatic hydroxyl groups is 1. The second-order valence-corrected chi connectivity index (χ2v) is 7.84. The third-order valence-corrected chi connectivity index (χ3v) is 3.93. The first kappa shape index (κ1) is 20.4. The summed E-state index contributed by atoms with van der Waals surface area (Å²) in [6, 6.07) is 0. The number of hydrogen-bond donors (Lipinski definition) is 3. The number of aromatic nitrogens is 2. The minimum atomic E-state index is -0.410. The Balaban J connectivity index is 2.90. The Hall–Kier alpha value is -1.69. The minimum absolute atomic E-state index is 0.0651. The molecule has 1 rings (SSSR count). The van der Waals surface area contributed by atoms with E-state index in [1.54, 1.807) is 6.92 Å². The van der Waals surface area contributed by atoms with Gasteiger partial charge in [0, 0.05) is 18.6 Å². The van der Waals surface area contributed by atoms with Gasteiger partial charge in [-0.1, -0.05) is 34.6 Å². The van der Waals surface area contributed by atoms with E-state index in [1.165, 1.54) is 0 Å². The van der Waals surface area contributed by atoms with Crippen LogP contribution in [0.2, 0.25) is 0 Å². The molecule has 1 unspecified atom stereocenters. The average molecular weight is 337 g/mol. The Kier molecular flexibility index (Phi) is 7.14. The second kappa shape index (κ2) is 8.42. The highest BCUT2D eigenvalue weighted by molar-refractivity contribution is 5.94. The molecule has 0 bridgehead atoms. The van der Waals surface area contributed by atoms with Crippen LogP contribution in [0.3, 0.4) is 0 Å². The van der Waals surface area contributed by atoms with Gasteiger partial charge in [-0.15, -0.1) is 0 Å². The Morgan fingerprint density at radius 1 is 1.33 bits per heavy atom. The van der Waals surface area contributed by atoms with E-state index in [-0.39, 0.29) is 23.5 Å². The maximum absolute atomic E-state index is 12.4. The van der Waals surface area contributed by atoms with Crippen molar-refractivity contribution in [2.45, 2.75) is 59.8 Å². The predicted molar refractivity (Wildman–Crippen MR) is 95.3 cm³/mol. The fraction of sp³-hybridized carbons (Fsp3) is 0.722. The lowest BCUT2D eigenvalue weighted by Crippen LogP contribution is -2.36. The molecule has 0 radical (unpaired) electrons. The third-order valence-electron chi connectivity index (χ3n) is 3.93. The summed E-state index contributed by atoms with van der Waals surface area (Å²) in [4.78, 5) is 31.8. The second-order valence-electron chi connectivity index (χ2n) is 7.84. The van der Waals surface area contributed by atoms with E-state index in [2.05, 4.69) is 29.1 Å². The zero-order valence-electron chi connectivity index (χ0n) is 15.7. The third kappa shape index (κ3) is 5.74. The van der Waals surface area contributed by atoms with Crippen molar-refractivity contribution < 1.29 is 9.90 Å². The molecule has 1 aromatic heterocycles. The molecule has 1 aromatic rings. The quantitative estimate of drug-likeness (QED) is 0.710. The molecule has 1 amide bonds. The van der Waals surface area contributed by atoms with E-state index < -0.39 is 11.5 Å². The molecule has 0 aliphatic heterocycles. The molecule has 1 heterocycles. The lowest BCUT2D eigenvalue weighted by molar-refractivity contribution is 0.0938. The highest BCUT2D eigenvalue weighted by Crippen LogP contribution is 2.18. The fourth-order valence-corrected chi connectivity index (χ4v) is 2.69. The van der Waals surface area contributed by atoms with Gasteiger partial charge in [-0.2, -0.15) is 0 Å². The van der Waals surface area contributed by atoms with E-state index >= 15 is 0 Å². The number of aryl methyl sites for hydroxylation is 1. The van der Waals surface area contributed by atoms with Crippen molar-refractivity contribution >= 4 is 5.91 Å². The zero-order chi connectivity index (χ0) is 18.5. The molecule has 24 heavy (non-hydrogen) atoms. The standard InChI is InChI=1S/C18H31N3O3/c1-11(2)9-13(7-8-22)10-19-15(23)14-12(3)20-17(18(4,5)6)21-16(14)24/h11,13,22H,7-10H2,1-6H3,(H,19,23)(H,20,21,24). The smallest absolute Gasteiger partial charge is 0.264 e. The number of nitrogens with zero attached hydrogens (tertiary/aromatic N) is 1. The summed E-state index contributed by atoms with van der Waals surface area (Å²) < 4.78 is 0. The van der Waals surface area contributed by atoms with Gasteiger partial charge in [0.2, 0.25) is 0 Å². The van der Waals surface area contributed by atoms with Crippen molar-refractivity contribution in [3.63, 3.8) is 0 Å². The lowest BCUT2D eigenvalue weighted by atomic mass is 9.94. The molecular weight excluding hydrogens is 306 g/mol. The van der Waals surface area contributed by atoms with E-state index in [0.717, 1.165) is 6.42 Å². The van der Waals surface area contributed by atoms with Crippen molar-refractivity contribution in [3.05, 3.63) is 27.4 Å². The van der Waals surface area contributed by atoms with E-state index in [4.69, 9.17) is 5.11 Å². The number of aliphatic hydroxyl groups excluding tert-OH is 1. The SMILES string of the molecule is Cc1nc(C(C)(C)C)[nH]c(=O)c1C(=O)NCC(CCO)CC(C)C. The average Bonchev–Trinajstić information content (AvgIpc) is 2.42. The highest BCUT2D eigenvalue weighted by atomic mass is 16.3. The van der Waals surface area contributed by atoms with Crippen molar-refractivity contribution in [1.29, 1.82) is 0 Å². The first-order valence-electron chi connectivity index (χ1n) is 8.56. The van der Waals surface area contributed by atoms with Crippen LogP contribution < -0.4 is 10.9 Å². The Morgan fingerprint density at radius 3 is 2.42 bits per heavy atom. The van der Waals surface area contributed by atoms with Crippen LogP contribution in [0.25, 0.3) is 0 Å². The summed E-state index contributed by atoms with van der Waals surface area (Å²) in [5.74, 6) is 0.837. The number of amides is 1. The molecule has 6 nitrogen and oxygen atoms in total. The van der Waals surface area contributed by atoms with Crippen LogP contribution in [0.5, 0.6) is 0 Å². The number of hydrogen-bond acceptors (Lipinski definition) is 4. The molecule has 0 spiro atoms. The van der Waals surface area contributed by atoms with Gasteiger partial charge in [-0.25, -0.2) is 4.98 Å². The number of H-pyrrole nitrogens is 1. The summed E-state index contributed by atoms with van der Waals surface area (Å²) in [7, 11) is 0. The van der Waals surface area contributed by atoms with E-state index in [1.807, 2.05) is 20.8 Å². The number of nitrogens with one attached hydrogen (secondary N) is 2. The van der Waals surface area contributed by atoms with Crippen LogP contribution in [-0.2, 0) is 5.41 Å². The minimum Gasteiger partial charge on any atom is -0.396 e. The fourth-order valence-electron chi connectivity index (χ4n) is 2.69. The topological polar surface area (TPSA) is 95.1 Å². The zero-order valence-corrected chi connectivity index (χ0v) is 15.7. The molecular formula is C18H31N3O3. The summed E-state index contributed by atoms with van der Waals surface area (Å²) in [5, 5.41) is 12.0. The maximum atomic E-state index is 12.4. The van der Waals surface area contributed by atoms with Crippen molar-refractivity contribution in [2.24, 2.45) is 11.8 Å². The number of rotatable bonds is 7. The van der Waals surface area contributed by atoms with Crippen molar-refractivity contribution in [3.8, 4) is 0 Å². The molecule has 0 saturated heterocycles. The normalized spacial score (nSPS) is 13.2. The summed E-state index contributed by atoms with van der Waals surface area (Å²) in [5.41, 5.74) is -0.200. The Morgan fingerprint density at radius 2 is 1.96 bits per heavy atom. The number of aromatic amines is 1. The van der Waals surface area contributed by atoms with E-state index in [0.29, 0.717) is 30.4 Å². The van der Waals surface area contributed by atoms with E-state index in [9.17, 15) is 9.59 Å². The van der Waals surface area contributed by atoms with Gasteiger partial charge >= 0.3 is 0 Å². The van der Waals surface area contributed by atoms with Crippen LogP contribution >= 0.6 is 0 Å². The Labute approximate surface area is 144 Å². The van der Waals surface area contributed by atoms with Crippen molar-refractivity contribution in [1.82, 2.24) is 15.3 Å². The van der Waals surface area contributed by atoms with Crippen molar-refractivity contribution in [2.75, 3.05) is 13.2 Å². The molecule has 0 aliphatic carbocycles. The molecule has 0 aromatic carbocycles. The molecule has 0 aliphatic rings. The van der Waals surface area contributed by atoms with Gasteiger partial charge < -0.3 is 15.4 Å². The summed E-state index contributed by atoms with van der Waals surface area (Å²) in [6.45, 7) is 12.3. The molecule has 136 valence electrons. The molecule has 6 heteroatoms. The lowest BCUT2D eigenvalue weighted by Gasteiger charge is -2.20. The number of carbonyl (C=O) groups excluding carboxylic acids is 1. The molecule has 0 saturated carbocycles. The van der Waals surface area contributed by atoms with Crippen LogP contribution in [0.15, 0.2) is 4.79 Å². The van der Waals surface area contributed by atoms with Crippen LogP contribution in [0.1, 0.15) is 69.3 Å². The van der Waals surface area contributed by atoms with Gasteiger partial charge in [-0.05, 0) is 31.6 Å². The summed E-state index contributed by atoms with van der Waals surface area (Å²) in [6.07, 6.45) is 1.55. The number of carbonyl (C=O) groups is 1. The highest BCUT2D eigenvalue weighted by Gasteiger charge is 2.22. The van der Waals surface area contributed by atoms with Gasteiger partial charge in [-0.3, -0.25) is 9.59 Å². The first-order valence-corrected chi connectivity index (χ1v) is 8.56. The molecule has 0 fully saturated rings. The van der Waals surface area contributed by atoms with Gasteiger partial charge in [0.05, 0.1) is 5.69 Å². The molecule has 3 N–H and O–H groups in total. The monoisotopic (exact) mass is 337 g/mol. The van der Waals surface area contributed by atoms with Gasteiger partial charge in [0.1, 0.15) is 11.4 Å². The van der Waals surface area contributed by atoms with Crippen LogP contribution in [0, 0.1) is 18.8 Å². The largest absolute Gasteiger partial charge is 0.396 e.